The molecule has 1 fully saturated rings. The number of aliphatic hydroxyl groups is 1. The van der Waals surface area contributed by atoms with Crippen LogP contribution in [-0.4, -0.2) is 74.7 Å². The lowest BCUT2D eigenvalue weighted by Gasteiger charge is -2.57. The molecule has 0 bridgehead atoms. The number of benzene rings is 2. The maximum atomic E-state index is 15.3. The number of aliphatic hydroxyl groups excluding tert-OH is 1. The quantitative estimate of drug-likeness (QED) is 0.381. The van der Waals surface area contributed by atoms with Gasteiger partial charge in [-0.05, 0) is 75.1 Å². The summed E-state index contributed by atoms with van der Waals surface area (Å²) in [7, 11) is 2.75. The minimum atomic E-state index is -2.76. The number of carbonyl (C=O) groups excluding carboxylic acids is 2. The Kier molecular flexibility index (Phi) is 8.01. The van der Waals surface area contributed by atoms with E-state index < -0.39 is 31.9 Å². The number of nitrogens with zero attached hydrogens (tertiary/aromatic N) is 2. The minimum Gasteiger partial charge on any atom is -0.508 e. The van der Waals surface area contributed by atoms with Gasteiger partial charge >= 0.3 is 0 Å². The van der Waals surface area contributed by atoms with E-state index in [4.69, 9.17) is 18.7 Å². The van der Waals surface area contributed by atoms with Gasteiger partial charge in [0, 0.05) is 22.6 Å². The SMILES string of the molecule is COc1ccc(C)c2c1C[C@H]1C[C@H]3[C@H](N(C)C)C4ON=C(OCc5ccccc5)C4C(=O)[C@@]3(O[Si](C)(C)C(C)(C)C)C(O)=C1C2=O. The molecule has 1 N–H and O–H groups in total. The fourth-order valence-electron chi connectivity index (χ4n) is 7.74. The van der Waals surface area contributed by atoms with Crippen molar-refractivity contribution >= 4 is 25.8 Å². The van der Waals surface area contributed by atoms with Gasteiger partial charge in [-0.2, -0.15) is 0 Å². The fraction of sp³-hybridized carbons (Fsp3) is 0.528. The summed E-state index contributed by atoms with van der Waals surface area (Å²) in [4.78, 5) is 37.9. The lowest BCUT2D eigenvalue weighted by molar-refractivity contribution is -0.170. The van der Waals surface area contributed by atoms with Gasteiger partial charge in [0.05, 0.1) is 13.2 Å². The summed E-state index contributed by atoms with van der Waals surface area (Å²) in [6.45, 7) is 12.6. The topological polar surface area (TPSA) is 107 Å². The van der Waals surface area contributed by atoms with E-state index in [1.54, 1.807) is 7.11 Å². The molecule has 2 unspecified atom stereocenters. The molecule has 0 amide bonds. The maximum absolute atomic E-state index is 15.3. The molecule has 10 heteroatoms. The first-order valence-corrected chi connectivity index (χ1v) is 19.0. The predicted molar refractivity (Wildman–Crippen MR) is 178 cm³/mol. The van der Waals surface area contributed by atoms with Crippen molar-refractivity contribution in [3.63, 3.8) is 0 Å². The van der Waals surface area contributed by atoms with Crippen molar-refractivity contribution in [2.75, 3.05) is 21.2 Å². The van der Waals surface area contributed by atoms with Gasteiger partial charge < -0.3 is 28.7 Å². The molecule has 2 aromatic carbocycles. The normalized spacial score (nSPS) is 29.0. The number of oxime groups is 1. The molecule has 9 nitrogen and oxygen atoms in total. The van der Waals surface area contributed by atoms with Crippen LogP contribution in [-0.2, 0) is 31.8 Å². The first-order valence-electron chi connectivity index (χ1n) is 16.1. The van der Waals surface area contributed by atoms with Gasteiger partial charge in [0.1, 0.15) is 24.0 Å². The van der Waals surface area contributed by atoms with Crippen LogP contribution >= 0.6 is 0 Å². The van der Waals surface area contributed by atoms with Crippen molar-refractivity contribution in [3.05, 3.63) is 76.1 Å². The molecule has 246 valence electrons. The van der Waals surface area contributed by atoms with Crippen LogP contribution in [0.3, 0.4) is 0 Å². The van der Waals surface area contributed by atoms with E-state index in [-0.39, 0.29) is 52.4 Å². The van der Waals surface area contributed by atoms with Gasteiger partial charge in [0.2, 0.25) is 5.90 Å². The Morgan fingerprint density at radius 2 is 1.80 bits per heavy atom. The summed E-state index contributed by atoms with van der Waals surface area (Å²) < 4.78 is 19.1. The second kappa shape index (κ2) is 11.3. The van der Waals surface area contributed by atoms with E-state index in [2.05, 4.69) is 39.0 Å². The highest BCUT2D eigenvalue weighted by molar-refractivity contribution is 6.74. The van der Waals surface area contributed by atoms with E-state index in [9.17, 15) is 9.90 Å². The molecule has 4 aliphatic rings. The fourth-order valence-corrected chi connectivity index (χ4v) is 9.20. The number of fused-ring (bicyclic) bond motifs is 4. The zero-order chi connectivity index (χ0) is 33.3. The zero-order valence-corrected chi connectivity index (χ0v) is 29.3. The summed E-state index contributed by atoms with van der Waals surface area (Å²) in [5.41, 5.74) is 1.58. The monoisotopic (exact) mass is 646 g/mol. The number of Topliss-reactive ketones (excluding diaryl/α,β-unsaturated/α-hetero) is 2. The van der Waals surface area contributed by atoms with E-state index in [1.165, 1.54) is 0 Å². The lowest BCUT2D eigenvalue weighted by atomic mass is 9.56. The summed E-state index contributed by atoms with van der Waals surface area (Å²) in [5, 5.41) is 16.7. The predicted octanol–water partition coefficient (Wildman–Crippen LogP) is 6.01. The number of hydrogen-bond donors (Lipinski definition) is 1. The van der Waals surface area contributed by atoms with Crippen LogP contribution in [0.2, 0.25) is 18.1 Å². The van der Waals surface area contributed by atoms with Gasteiger partial charge in [0.25, 0.3) is 0 Å². The van der Waals surface area contributed by atoms with Gasteiger partial charge in [-0.3, -0.25) is 9.59 Å². The van der Waals surface area contributed by atoms with Crippen molar-refractivity contribution in [1.29, 1.82) is 0 Å². The molecule has 3 aliphatic carbocycles. The molecule has 0 saturated heterocycles. The Balaban J connectivity index is 1.54. The molecule has 46 heavy (non-hydrogen) atoms. The van der Waals surface area contributed by atoms with Gasteiger partial charge in [0.15, 0.2) is 31.6 Å². The van der Waals surface area contributed by atoms with Crippen molar-refractivity contribution in [3.8, 4) is 5.75 Å². The van der Waals surface area contributed by atoms with Crippen molar-refractivity contribution in [2.45, 2.75) is 83.0 Å². The van der Waals surface area contributed by atoms with E-state index >= 15 is 4.79 Å². The van der Waals surface area contributed by atoms with Gasteiger partial charge in [-0.1, -0.05) is 62.3 Å². The molecular weight excluding hydrogens is 600 g/mol. The van der Waals surface area contributed by atoms with Crippen LogP contribution < -0.4 is 4.74 Å². The highest BCUT2D eigenvalue weighted by Crippen LogP contribution is 2.57. The van der Waals surface area contributed by atoms with Crippen LogP contribution in [0.5, 0.6) is 5.75 Å². The Morgan fingerprint density at radius 3 is 2.43 bits per heavy atom. The number of allylic oxidation sites excluding steroid dienone is 1. The maximum Gasteiger partial charge on any atom is 0.240 e. The third-order valence-corrected chi connectivity index (χ3v) is 15.4. The van der Waals surface area contributed by atoms with Gasteiger partial charge in [-0.15, -0.1) is 0 Å². The van der Waals surface area contributed by atoms with Crippen LogP contribution in [0.25, 0.3) is 0 Å². The smallest absolute Gasteiger partial charge is 0.240 e. The molecule has 1 aliphatic heterocycles. The number of carbonyl (C=O) groups is 2. The molecule has 1 heterocycles. The summed E-state index contributed by atoms with van der Waals surface area (Å²) >= 11 is 0. The van der Waals surface area contributed by atoms with Gasteiger partial charge in [-0.25, -0.2) is 0 Å². The lowest BCUT2D eigenvalue weighted by Crippen LogP contribution is -2.72. The summed E-state index contributed by atoms with van der Waals surface area (Å²) in [5.74, 6) is -1.86. The van der Waals surface area contributed by atoms with E-state index in [0.717, 1.165) is 16.7 Å². The van der Waals surface area contributed by atoms with Crippen molar-refractivity contribution in [1.82, 2.24) is 4.90 Å². The molecule has 0 aromatic heterocycles. The number of hydrogen-bond acceptors (Lipinski definition) is 9. The van der Waals surface area contributed by atoms with Crippen molar-refractivity contribution in [2.24, 2.45) is 22.9 Å². The number of aryl methyl sites for hydroxylation is 1. The molecule has 6 rings (SSSR count). The largest absolute Gasteiger partial charge is 0.508 e. The molecule has 0 radical (unpaired) electrons. The van der Waals surface area contributed by atoms with Crippen LogP contribution in [0.4, 0.5) is 0 Å². The molecule has 0 spiro atoms. The third-order valence-electron chi connectivity index (χ3n) is 11.0. The standard InChI is InChI=1S/C36H46N2O7Si/c1-20-15-16-25(42-7)23-17-22-18-24-29(38(5)6)31-28(34(37-44-31)43-19-21-13-11-10-12-14-21)33(41)36(24,45-46(8,9)35(2,3)4)32(40)27(22)30(39)26(20)23/h10-16,22,24,28-29,31,40H,17-19H2,1-9H3/t22-,24-,28?,29-,31?,36-/m0/s1. The highest BCUT2D eigenvalue weighted by atomic mass is 28.4. The Labute approximate surface area is 272 Å². The summed E-state index contributed by atoms with van der Waals surface area (Å²) in [6.07, 6.45) is 0.299. The van der Waals surface area contributed by atoms with Crippen molar-refractivity contribution < 1.29 is 33.4 Å². The molecule has 1 saturated carbocycles. The first-order chi connectivity index (χ1) is 21.6. The third kappa shape index (κ3) is 4.83. The Bertz CT molecular complexity index is 1630. The second-order valence-electron chi connectivity index (χ2n) is 14.9. The molecule has 6 atom stereocenters. The zero-order valence-electron chi connectivity index (χ0n) is 28.3. The van der Waals surface area contributed by atoms with Crippen LogP contribution in [0, 0.1) is 24.7 Å². The molecular formula is C36H46N2O7Si. The number of rotatable bonds is 6. The number of methoxy groups -OCH3 is 1. The average Bonchev–Trinajstić information content (AvgIpc) is 3.40. The second-order valence-corrected chi connectivity index (χ2v) is 19.7. The van der Waals surface area contributed by atoms with Crippen LogP contribution in [0.15, 0.2) is 59.0 Å². The highest BCUT2D eigenvalue weighted by Gasteiger charge is 2.71. The van der Waals surface area contributed by atoms with E-state index in [0.29, 0.717) is 24.2 Å². The number of ether oxygens (including phenoxy) is 2. The molecule has 2 aromatic rings. The number of likely N-dealkylation sites (N-methyl/N-ethyl adjacent to an activating group) is 1. The Morgan fingerprint density at radius 1 is 1.11 bits per heavy atom. The number of ketones is 2. The summed E-state index contributed by atoms with van der Waals surface area (Å²) in [6, 6.07) is 13.0. The van der Waals surface area contributed by atoms with Crippen LogP contribution in [0.1, 0.15) is 54.2 Å². The average molecular weight is 647 g/mol. The minimum absolute atomic E-state index is 0.170. The van der Waals surface area contributed by atoms with E-state index in [1.807, 2.05) is 68.4 Å². The Hall–Kier alpha value is -3.47. The first kappa shape index (κ1) is 32.5.